The summed E-state index contributed by atoms with van der Waals surface area (Å²) in [5, 5.41) is 0.653. The van der Waals surface area contributed by atoms with E-state index in [1.54, 1.807) is 0 Å². The topological polar surface area (TPSA) is 42.7 Å². The molecule has 0 radical (unpaired) electrons. The molecule has 0 bridgehead atoms. The number of furan rings is 1. The van der Waals surface area contributed by atoms with E-state index in [2.05, 4.69) is 4.90 Å². The highest BCUT2D eigenvalue weighted by Crippen LogP contribution is 2.29. The average molecular weight is 396 g/mol. The van der Waals surface area contributed by atoms with E-state index in [0.29, 0.717) is 17.9 Å². The van der Waals surface area contributed by atoms with Crippen molar-refractivity contribution in [3.8, 4) is 11.3 Å². The normalized spacial score (nSPS) is 14.2. The summed E-state index contributed by atoms with van der Waals surface area (Å²) in [6, 6.07) is 19.2. The molecular weight excluding hydrogens is 374 g/mol. The van der Waals surface area contributed by atoms with E-state index < -0.39 is 0 Å². The predicted molar refractivity (Wildman–Crippen MR) is 111 cm³/mol. The maximum atomic E-state index is 12.5. The van der Waals surface area contributed by atoms with Crippen molar-refractivity contribution in [3.05, 3.63) is 77.0 Å². The van der Waals surface area contributed by atoms with Gasteiger partial charge in [-0.2, -0.15) is 0 Å². The molecule has 1 saturated heterocycles. The number of carbonyl (C=O) groups excluding carboxylic acids is 1. The number of benzene rings is 2. The van der Waals surface area contributed by atoms with E-state index >= 15 is 0 Å². The molecule has 3 aromatic rings. The maximum Gasteiger partial charge on any atom is 0.163 e. The third-order valence-electron chi connectivity index (χ3n) is 4.96. The minimum atomic E-state index is 0.115. The van der Waals surface area contributed by atoms with Crippen LogP contribution in [0, 0.1) is 0 Å². The molecule has 144 valence electrons. The molecule has 0 amide bonds. The highest BCUT2D eigenvalue weighted by atomic mass is 35.5. The van der Waals surface area contributed by atoms with E-state index in [1.165, 1.54) is 0 Å². The van der Waals surface area contributed by atoms with Gasteiger partial charge in [0, 0.05) is 42.7 Å². The largest absolute Gasteiger partial charge is 0.461 e. The summed E-state index contributed by atoms with van der Waals surface area (Å²) in [7, 11) is 0. The van der Waals surface area contributed by atoms with Crippen LogP contribution in [0.2, 0.25) is 5.02 Å². The quantitative estimate of drug-likeness (QED) is 0.534. The van der Waals surface area contributed by atoms with Gasteiger partial charge in [-0.3, -0.25) is 4.79 Å². The van der Waals surface area contributed by atoms with Crippen LogP contribution in [0.1, 0.15) is 22.5 Å². The number of nitrogens with zero attached hydrogens (tertiary/aromatic N) is 1. The molecule has 4 nitrogen and oxygen atoms in total. The number of Topliss-reactive ketones (excluding diaryl/α,β-unsaturated/α-hetero) is 1. The van der Waals surface area contributed by atoms with E-state index in [1.807, 2.05) is 60.7 Å². The number of halogens is 1. The summed E-state index contributed by atoms with van der Waals surface area (Å²) in [6.07, 6.45) is 0.973. The Morgan fingerprint density at radius 2 is 1.71 bits per heavy atom. The third kappa shape index (κ3) is 4.29. The van der Waals surface area contributed by atoms with Crippen LogP contribution in [0.4, 0.5) is 5.69 Å². The van der Waals surface area contributed by atoms with Crippen LogP contribution in [-0.2, 0) is 11.2 Å². The second-order valence-electron chi connectivity index (χ2n) is 6.82. The molecule has 1 aliphatic rings. The zero-order valence-electron chi connectivity index (χ0n) is 15.6. The summed E-state index contributed by atoms with van der Waals surface area (Å²) in [5.74, 6) is 1.63. The first-order valence-corrected chi connectivity index (χ1v) is 9.88. The lowest BCUT2D eigenvalue weighted by Crippen LogP contribution is -2.36. The fourth-order valence-electron chi connectivity index (χ4n) is 3.38. The Morgan fingerprint density at radius 3 is 2.46 bits per heavy atom. The molecule has 28 heavy (non-hydrogen) atoms. The van der Waals surface area contributed by atoms with Crippen LogP contribution in [0.15, 0.2) is 65.1 Å². The summed E-state index contributed by atoms with van der Waals surface area (Å²) in [4.78, 5) is 14.8. The Kier molecular flexibility index (Phi) is 5.79. The van der Waals surface area contributed by atoms with Gasteiger partial charge in [0.1, 0.15) is 11.5 Å². The third-order valence-corrected chi connectivity index (χ3v) is 5.29. The van der Waals surface area contributed by atoms with Crippen LogP contribution in [0.3, 0.4) is 0 Å². The van der Waals surface area contributed by atoms with Crippen LogP contribution in [-0.4, -0.2) is 32.1 Å². The van der Waals surface area contributed by atoms with Crippen molar-refractivity contribution >= 4 is 23.1 Å². The molecule has 4 rings (SSSR count). The van der Waals surface area contributed by atoms with Crippen molar-refractivity contribution in [2.45, 2.75) is 12.8 Å². The summed E-state index contributed by atoms with van der Waals surface area (Å²) in [6.45, 7) is 3.28. The van der Waals surface area contributed by atoms with Crippen molar-refractivity contribution in [2.24, 2.45) is 0 Å². The number of ether oxygens (including phenoxy) is 1. The second kappa shape index (κ2) is 8.63. The second-order valence-corrected chi connectivity index (χ2v) is 7.22. The molecule has 2 aromatic carbocycles. The average Bonchev–Trinajstić information content (AvgIpc) is 3.22. The van der Waals surface area contributed by atoms with Crippen molar-refractivity contribution in [1.29, 1.82) is 0 Å². The molecule has 2 heterocycles. The highest BCUT2D eigenvalue weighted by Gasteiger charge is 2.13. The number of morpholine rings is 1. The first-order valence-electron chi connectivity index (χ1n) is 9.50. The van der Waals surface area contributed by atoms with Crippen molar-refractivity contribution < 1.29 is 13.9 Å². The Balaban J connectivity index is 1.36. The van der Waals surface area contributed by atoms with Gasteiger partial charge in [-0.1, -0.05) is 23.7 Å². The molecule has 0 saturated carbocycles. The first-order chi connectivity index (χ1) is 13.7. The van der Waals surface area contributed by atoms with Gasteiger partial charge in [-0.25, -0.2) is 0 Å². The first kappa shape index (κ1) is 18.8. The lowest BCUT2D eigenvalue weighted by atomic mass is 10.1. The molecule has 0 N–H and O–H groups in total. The van der Waals surface area contributed by atoms with Crippen molar-refractivity contribution in [1.82, 2.24) is 0 Å². The highest BCUT2D eigenvalue weighted by molar-refractivity contribution is 6.33. The van der Waals surface area contributed by atoms with Gasteiger partial charge in [-0.15, -0.1) is 0 Å². The fraction of sp³-hybridized carbons (Fsp3) is 0.261. The standard InChI is InChI=1S/C23H22ClNO3/c24-21-4-2-1-3-20(21)23-12-10-19(28-23)9-11-22(26)17-5-7-18(8-6-17)25-13-15-27-16-14-25/h1-8,10,12H,9,11,13-16H2. The van der Waals surface area contributed by atoms with Gasteiger partial charge < -0.3 is 14.1 Å². The molecule has 0 spiro atoms. The summed E-state index contributed by atoms with van der Waals surface area (Å²) < 4.78 is 11.3. The maximum absolute atomic E-state index is 12.5. The molecule has 1 aromatic heterocycles. The van der Waals surface area contributed by atoms with Crippen LogP contribution in [0.5, 0.6) is 0 Å². The van der Waals surface area contributed by atoms with Crippen LogP contribution in [0.25, 0.3) is 11.3 Å². The number of aryl methyl sites for hydroxylation is 1. The summed E-state index contributed by atoms with van der Waals surface area (Å²) >= 11 is 6.22. The molecule has 0 aliphatic carbocycles. The minimum Gasteiger partial charge on any atom is -0.461 e. The number of ketones is 1. The van der Waals surface area contributed by atoms with Gasteiger partial charge in [0.15, 0.2) is 5.78 Å². The van der Waals surface area contributed by atoms with Gasteiger partial charge in [-0.05, 0) is 48.5 Å². The zero-order chi connectivity index (χ0) is 19.3. The van der Waals surface area contributed by atoms with Gasteiger partial charge in [0.05, 0.1) is 18.2 Å². The van der Waals surface area contributed by atoms with E-state index in [0.717, 1.165) is 54.6 Å². The SMILES string of the molecule is O=C(CCc1ccc(-c2ccccc2Cl)o1)c1ccc(N2CCOCC2)cc1. The van der Waals surface area contributed by atoms with Crippen LogP contribution < -0.4 is 4.90 Å². The number of anilines is 1. The Hall–Kier alpha value is -2.56. The van der Waals surface area contributed by atoms with E-state index in [9.17, 15) is 4.79 Å². The van der Waals surface area contributed by atoms with E-state index in [-0.39, 0.29) is 5.78 Å². The Labute approximate surface area is 169 Å². The molecule has 1 fully saturated rings. The lowest BCUT2D eigenvalue weighted by molar-refractivity contribution is 0.0981. The van der Waals surface area contributed by atoms with Crippen molar-refractivity contribution in [2.75, 3.05) is 31.2 Å². The predicted octanol–water partition coefficient (Wildman–Crippen LogP) is 5.25. The molecular formula is C23H22ClNO3. The number of carbonyl (C=O) groups is 1. The van der Waals surface area contributed by atoms with Crippen LogP contribution >= 0.6 is 11.6 Å². The van der Waals surface area contributed by atoms with Gasteiger partial charge >= 0.3 is 0 Å². The number of rotatable bonds is 6. The minimum absolute atomic E-state index is 0.115. The summed E-state index contributed by atoms with van der Waals surface area (Å²) in [5.41, 5.74) is 2.73. The lowest BCUT2D eigenvalue weighted by Gasteiger charge is -2.28. The van der Waals surface area contributed by atoms with Gasteiger partial charge in [0.2, 0.25) is 0 Å². The zero-order valence-corrected chi connectivity index (χ0v) is 16.3. The molecule has 5 heteroatoms. The smallest absolute Gasteiger partial charge is 0.163 e. The van der Waals surface area contributed by atoms with E-state index in [4.69, 9.17) is 20.8 Å². The van der Waals surface area contributed by atoms with Gasteiger partial charge in [0.25, 0.3) is 0 Å². The van der Waals surface area contributed by atoms with Crippen molar-refractivity contribution in [3.63, 3.8) is 0 Å². The number of hydrogen-bond donors (Lipinski definition) is 0. The molecule has 0 unspecified atom stereocenters. The Bertz CT molecular complexity index is 942. The fourth-order valence-corrected chi connectivity index (χ4v) is 3.61. The molecule has 0 atom stereocenters. The molecule has 1 aliphatic heterocycles. The monoisotopic (exact) mass is 395 g/mol. The number of hydrogen-bond acceptors (Lipinski definition) is 4. The Morgan fingerprint density at radius 1 is 0.964 bits per heavy atom.